The maximum atomic E-state index is 12.6. The summed E-state index contributed by atoms with van der Waals surface area (Å²) in [5.41, 5.74) is 5.72. The van der Waals surface area contributed by atoms with Crippen molar-refractivity contribution in [3.8, 4) is 11.3 Å². The Morgan fingerprint density at radius 3 is 2.74 bits per heavy atom. The molecule has 0 saturated carbocycles. The predicted octanol–water partition coefficient (Wildman–Crippen LogP) is 4.23. The molecule has 0 atom stereocenters. The van der Waals surface area contributed by atoms with Crippen LogP contribution in [0.4, 0.5) is 4.79 Å². The van der Waals surface area contributed by atoms with Crippen LogP contribution in [0, 0.1) is 6.92 Å². The van der Waals surface area contributed by atoms with Gasteiger partial charge in [0.2, 0.25) is 0 Å². The monoisotopic (exact) mass is 364 g/mol. The molecule has 0 radical (unpaired) electrons. The van der Waals surface area contributed by atoms with Crippen molar-refractivity contribution < 1.29 is 9.53 Å². The van der Waals surface area contributed by atoms with Crippen molar-refractivity contribution >= 4 is 17.1 Å². The third-order valence-electron chi connectivity index (χ3n) is 4.85. The molecule has 3 aromatic rings. The highest BCUT2D eigenvalue weighted by molar-refractivity contribution is 5.86. The van der Waals surface area contributed by atoms with E-state index in [1.165, 1.54) is 5.56 Å². The highest BCUT2D eigenvalue weighted by Gasteiger charge is 2.29. The van der Waals surface area contributed by atoms with Crippen LogP contribution in [0.3, 0.4) is 0 Å². The zero-order valence-corrected chi connectivity index (χ0v) is 16.2. The Morgan fingerprint density at radius 1 is 1.22 bits per heavy atom. The molecule has 3 heterocycles. The van der Waals surface area contributed by atoms with E-state index in [-0.39, 0.29) is 6.09 Å². The molecule has 0 saturated heterocycles. The summed E-state index contributed by atoms with van der Waals surface area (Å²) in [4.78, 5) is 19.2. The lowest BCUT2D eigenvalue weighted by Crippen LogP contribution is -2.40. The number of nitrogens with one attached hydrogen (secondary N) is 1. The number of hydrogen-bond acceptors (Lipinski definition) is 4. The van der Waals surface area contributed by atoms with Gasteiger partial charge in [-0.1, -0.05) is 24.3 Å². The Bertz CT molecular complexity index is 1020. The molecule has 1 amide bonds. The molecule has 0 aliphatic carbocycles. The van der Waals surface area contributed by atoms with E-state index in [9.17, 15) is 4.79 Å². The lowest BCUT2D eigenvalue weighted by atomic mass is 9.92. The quantitative estimate of drug-likeness (QED) is 0.701. The van der Waals surface area contributed by atoms with Gasteiger partial charge < -0.3 is 9.64 Å². The van der Waals surface area contributed by atoms with Crippen LogP contribution in [0.2, 0.25) is 0 Å². The van der Waals surface area contributed by atoms with Crippen molar-refractivity contribution in [2.75, 3.05) is 6.54 Å². The molecular weight excluding hydrogens is 340 g/mol. The van der Waals surface area contributed by atoms with Gasteiger partial charge >= 0.3 is 6.09 Å². The van der Waals surface area contributed by atoms with E-state index in [0.717, 1.165) is 39.8 Å². The number of amides is 1. The van der Waals surface area contributed by atoms with E-state index in [0.29, 0.717) is 13.1 Å². The summed E-state index contributed by atoms with van der Waals surface area (Å²) in [6.07, 6.45) is 2.30. The molecule has 0 bridgehead atoms. The van der Waals surface area contributed by atoms with Gasteiger partial charge in [-0.2, -0.15) is 5.10 Å². The van der Waals surface area contributed by atoms with E-state index in [4.69, 9.17) is 9.72 Å². The molecule has 0 fully saturated rings. The molecule has 1 aromatic carbocycles. The van der Waals surface area contributed by atoms with E-state index in [2.05, 4.69) is 29.3 Å². The first kappa shape index (κ1) is 17.5. The van der Waals surface area contributed by atoms with Gasteiger partial charge in [0.05, 0.1) is 18.4 Å². The molecule has 0 spiro atoms. The fraction of sp³-hybridized carbons (Fsp3) is 0.381. The molecule has 0 unspecified atom stereocenters. The number of carbonyl (C=O) groups excluding carboxylic acids is 1. The van der Waals surface area contributed by atoms with E-state index < -0.39 is 5.60 Å². The average Bonchev–Trinajstić information content (AvgIpc) is 3.08. The van der Waals surface area contributed by atoms with Gasteiger partial charge in [-0.25, -0.2) is 9.78 Å². The lowest BCUT2D eigenvalue weighted by Gasteiger charge is -2.32. The Balaban J connectivity index is 1.81. The normalized spacial score (nSPS) is 14.3. The number of rotatable bonds is 1. The topological polar surface area (TPSA) is 71.1 Å². The van der Waals surface area contributed by atoms with Crippen LogP contribution in [0.5, 0.6) is 0 Å². The summed E-state index contributed by atoms with van der Waals surface area (Å²) in [6.45, 7) is 8.85. The minimum atomic E-state index is -0.511. The number of pyridine rings is 1. The second-order valence-corrected chi connectivity index (χ2v) is 8.02. The summed E-state index contributed by atoms with van der Waals surface area (Å²) in [5, 5.41) is 8.21. The molecule has 6 heteroatoms. The average molecular weight is 364 g/mol. The minimum Gasteiger partial charge on any atom is -0.444 e. The van der Waals surface area contributed by atoms with Crippen LogP contribution >= 0.6 is 0 Å². The Hall–Kier alpha value is -2.89. The first-order chi connectivity index (χ1) is 12.8. The standard InChI is InChI=1S/C21H24N4O2/c1-13-7-5-6-8-14(13)18-17-12-25(20(26)27-21(2,3)4)10-9-15(17)16-11-22-24-19(16)23-18/h5-8,11H,9-10,12H2,1-4H3,(H,22,23,24). The molecule has 1 aliphatic heterocycles. The van der Waals surface area contributed by atoms with E-state index in [1.54, 1.807) is 4.90 Å². The molecule has 140 valence electrons. The number of aromatic amines is 1. The fourth-order valence-corrected chi connectivity index (χ4v) is 3.59. The van der Waals surface area contributed by atoms with Crippen LogP contribution in [0.1, 0.15) is 37.5 Å². The summed E-state index contributed by atoms with van der Waals surface area (Å²) in [5.74, 6) is 0. The maximum Gasteiger partial charge on any atom is 0.410 e. The number of aryl methyl sites for hydroxylation is 1. The van der Waals surface area contributed by atoms with Gasteiger partial charge in [0.25, 0.3) is 0 Å². The van der Waals surface area contributed by atoms with E-state index in [1.807, 2.05) is 39.1 Å². The second-order valence-electron chi connectivity index (χ2n) is 8.02. The van der Waals surface area contributed by atoms with Gasteiger partial charge in [-0.05, 0) is 45.2 Å². The van der Waals surface area contributed by atoms with Crippen molar-refractivity contribution in [2.24, 2.45) is 0 Å². The predicted molar refractivity (Wildman–Crippen MR) is 104 cm³/mol. The van der Waals surface area contributed by atoms with Crippen molar-refractivity contribution in [1.82, 2.24) is 20.1 Å². The highest BCUT2D eigenvalue weighted by Crippen LogP contribution is 2.35. The smallest absolute Gasteiger partial charge is 0.410 e. The number of hydrogen-bond donors (Lipinski definition) is 1. The largest absolute Gasteiger partial charge is 0.444 e. The van der Waals surface area contributed by atoms with Crippen LogP contribution in [-0.2, 0) is 17.7 Å². The SMILES string of the molecule is Cc1ccccc1-c1nc2[nH]ncc2c2c1CN(C(=O)OC(C)(C)C)CC2. The number of H-pyrrole nitrogens is 1. The lowest BCUT2D eigenvalue weighted by molar-refractivity contribution is 0.0224. The Labute approximate surface area is 158 Å². The van der Waals surface area contributed by atoms with Gasteiger partial charge in [-0.15, -0.1) is 0 Å². The molecule has 1 aliphatic rings. The molecule has 27 heavy (non-hydrogen) atoms. The maximum absolute atomic E-state index is 12.6. The first-order valence-corrected chi connectivity index (χ1v) is 9.22. The fourth-order valence-electron chi connectivity index (χ4n) is 3.59. The summed E-state index contributed by atoms with van der Waals surface area (Å²) in [7, 11) is 0. The van der Waals surface area contributed by atoms with Gasteiger partial charge in [0, 0.05) is 23.1 Å². The summed E-state index contributed by atoms with van der Waals surface area (Å²) in [6, 6.07) is 8.19. The number of aromatic nitrogens is 3. The van der Waals surface area contributed by atoms with Gasteiger partial charge in [0.15, 0.2) is 5.65 Å². The van der Waals surface area contributed by atoms with Crippen molar-refractivity contribution in [1.29, 1.82) is 0 Å². The zero-order valence-electron chi connectivity index (χ0n) is 16.2. The van der Waals surface area contributed by atoms with Crippen molar-refractivity contribution in [3.63, 3.8) is 0 Å². The Kier molecular flexibility index (Phi) is 4.13. The first-order valence-electron chi connectivity index (χ1n) is 9.22. The Morgan fingerprint density at radius 2 is 2.00 bits per heavy atom. The number of carbonyl (C=O) groups is 1. The van der Waals surface area contributed by atoms with Crippen LogP contribution in [-0.4, -0.2) is 38.3 Å². The molecule has 6 nitrogen and oxygen atoms in total. The van der Waals surface area contributed by atoms with Crippen LogP contribution < -0.4 is 0 Å². The third-order valence-corrected chi connectivity index (χ3v) is 4.85. The number of ether oxygens (including phenoxy) is 1. The molecule has 2 aromatic heterocycles. The van der Waals surface area contributed by atoms with Crippen molar-refractivity contribution in [2.45, 2.75) is 46.3 Å². The molecular formula is C21H24N4O2. The number of nitrogens with zero attached hydrogens (tertiary/aromatic N) is 3. The third kappa shape index (κ3) is 3.27. The second kappa shape index (κ2) is 6.37. The van der Waals surface area contributed by atoms with Crippen LogP contribution in [0.25, 0.3) is 22.3 Å². The highest BCUT2D eigenvalue weighted by atomic mass is 16.6. The zero-order chi connectivity index (χ0) is 19.2. The van der Waals surface area contributed by atoms with Crippen molar-refractivity contribution in [3.05, 3.63) is 47.2 Å². The number of fused-ring (bicyclic) bond motifs is 3. The number of benzene rings is 1. The molecule has 1 N–H and O–H groups in total. The van der Waals surface area contributed by atoms with Gasteiger partial charge in [0.1, 0.15) is 5.60 Å². The van der Waals surface area contributed by atoms with E-state index >= 15 is 0 Å². The summed E-state index contributed by atoms with van der Waals surface area (Å²) >= 11 is 0. The molecule has 4 rings (SSSR count). The summed E-state index contributed by atoms with van der Waals surface area (Å²) < 4.78 is 5.58. The van der Waals surface area contributed by atoms with Crippen LogP contribution in [0.15, 0.2) is 30.5 Å². The van der Waals surface area contributed by atoms with Gasteiger partial charge in [-0.3, -0.25) is 5.10 Å². The minimum absolute atomic E-state index is 0.281.